The number of nitrogens with zero attached hydrogens (tertiary/aromatic N) is 1. The van der Waals surface area contributed by atoms with Crippen LogP contribution in [0.15, 0.2) is 72.3 Å². The Labute approximate surface area is 211 Å². The first-order chi connectivity index (χ1) is 17.2. The Morgan fingerprint density at radius 2 is 1.64 bits per heavy atom. The first-order valence-corrected chi connectivity index (χ1v) is 12.0. The fourth-order valence-electron chi connectivity index (χ4n) is 4.33. The molecule has 0 aromatic heterocycles. The maximum Gasteiger partial charge on any atom is 0.295 e. The van der Waals surface area contributed by atoms with Crippen molar-refractivity contribution in [3.05, 3.63) is 100 Å². The summed E-state index contributed by atoms with van der Waals surface area (Å²) in [6, 6.07) is 18.4. The van der Waals surface area contributed by atoms with Crippen LogP contribution in [0.2, 0.25) is 0 Å². The number of aromatic hydroxyl groups is 1. The highest BCUT2D eigenvalue weighted by molar-refractivity contribution is 6.46. The average molecular weight is 486 g/mol. The zero-order valence-electron chi connectivity index (χ0n) is 21.0. The Morgan fingerprint density at radius 1 is 0.972 bits per heavy atom. The van der Waals surface area contributed by atoms with Crippen LogP contribution in [0.1, 0.15) is 47.7 Å². The number of aliphatic hydroxyl groups is 1. The zero-order valence-corrected chi connectivity index (χ0v) is 21.0. The minimum absolute atomic E-state index is 0.0202. The van der Waals surface area contributed by atoms with Crippen LogP contribution >= 0.6 is 0 Å². The molecule has 1 aliphatic rings. The van der Waals surface area contributed by atoms with Gasteiger partial charge in [-0.3, -0.25) is 9.59 Å². The van der Waals surface area contributed by atoms with E-state index in [-0.39, 0.29) is 23.6 Å². The van der Waals surface area contributed by atoms with Gasteiger partial charge in [0.15, 0.2) is 0 Å². The zero-order chi connectivity index (χ0) is 26.0. The second kappa shape index (κ2) is 10.3. The number of hydrogen-bond donors (Lipinski definition) is 2. The van der Waals surface area contributed by atoms with E-state index in [9.17, 15) is 19.8 Å². The van der Waals surface area contributed by atoms with Gasteiger partial charge in [-0.2, -0.15) is 0 Å². The number of likely N-dealkylation sites (tertiary alicyclic amines) is 1. The van der Waals surface area contributed by atoms with Gasteiger partial charge < -0.3 is 19.8 Å². The summed E-state index contributed by atoms with van der Waals surface area (Å²) in [5.74, 6) is -0.557. The molecule has 3 aromatic rings. The second-order valence-electron chi connectivity index (χ2n) is 9.68. The largest absolute Gasteiger partial charge is 0.508 e. The molecular weight excluding hydrogens is 454 g/mol. The van der Waals surface area contributed by atoms with E-state index in [0.29, 0.717) is 29.4 Å². The van der Waals surface area contributed by atoms with E-state index in [1.807, 2.05) is 32.0 Å². The Bertz CT molecular complexity index is 1310. The summed E-state index contributed by atoms with van der Waals surface area (Å²) in [6.07, 6.45) is 0. The van der Waals surface area contributed by atoms with Gasteiger partial charge in [-0.05, 0) is 72.9 Å². The normalized spacial score (nSPS) is 17.1. The lowest BCUT2D eigenvalue weighted by molar-refractivity contribution is -0.140. The number of carbonyl (C=O) groups excluding carboxylic acids is 2. The number of hydrogen-bond acceptors (Lipinski definition) is 5. The van der Waals surface area contributed by atoms with Crippen molar-refractivity contribution in [1.82, 2.24) is 4.90 Å². The SMILES string of the molecule is Cc1ccc(C)c(CN2C(=O)C(=O)/C(=C(/O)c3ccc(OCC(C)C)cc3)C2c2ccc(O)cc2)c1. The molecule has 0 radical (unpaired) electrons. The van der Waals surface area contributed by atoms with Crippen molar-refractivity contribution >= 4 is 17.4 Å². The molecular formula is C30H31NO5. The highest BCUT2D eigenvalue weighted by Crippen LogP contribution is 2.41. The first kappa shape index (κ1) is 25.0. The van der Waals surface area contributed by atoms with Crippen LogP contribution in [0.4, 0.5) is 0 Å². The number of aliphatic hydroxyl groups excluding tert-OH is 1. The molecule has 4 rings (SSSR count). The summed E-state index contributed by atoms with van der Waals surface area (Å²) >= 11 is 0. The number of carbonyl (C=O) groups is 2. The van der Waals surface area contributed by atoms with Gasteiger partial charge in [0, 0.05) is 12.1 Å². The standard InChI is InChI=1S/C30H31NO5/c1-18(2)17-36-25-13-9-22(10-14-25)28(33)26-27(21-7-11-24(32)12-8-21)31(30(35)29(26)34)16-23-15-19(3)5-6-20(23)4/h5-15,18,27,32-33H,16-17H2,1-4H3/b28-26+. The molecule has 0 spiro atoms. The molecule has 1 heterocycles. The van der Waals surface area contributed by atoms with Crippen LogP contribution in [-0.2, 0) is 16.1 Å². The summed E-state index contributed by atoms with van der Waals surface area (Å²) < 4.78 is 5.72. The summed E-state index contributed by atoms with van der Waals surface area (Å²) in [7, 11) is 0. The van der Waals surface area contributed by atoms with Crippen molar-refractivity contribution in [3.63, 3.8) is 0 Å². The maximum absolute atomic E-state index is 13.3. The van der Waals surface area contributed by atoms with Crippen molar-refractivity contribution in [3.8, 4) is 11.5 Å². The number of aryl methyl sites for hydroxylation is 2. The van der Waals surface area contributed by atoms with Crippen LogP contribution in [0.3, 0.4) is 0 Å². The molecule has 0 bridgehead atoms. The molecule has 0 saturated carbocycles. The van der Waals surface area contributed by atoms with E-state index in [0.717, 1.165) is 16.7 Å². The predicted molar refractivity (Wildman–Crippen MR) is 139 cm³/mol. The summed E-state index contributed by atoms with van der Waals surface area (Å²) in [5, 5.41) is 21.1. The average Bonchev–Trinajstić information content (AvgIpc) is 3.10. The van der Waals surface area contributed by atoms with Gasteiger partial charge in [0.1, 0.15) is 17.3 Å². The third kappa shape index (κ3) is 5.13. The topological polar surface area (TPSA) is 87.1 Å². The second-order valence-corrected chi connectivity index (χ2v) is 9.68. The molecule has 1 unspecified atom stereocenters. The smallest absolute Gasteiger partial charge is 0.295 e. The van der Waals surface area contributed by atoms with Gasteiger partial charge in [0.25, 0.3) is 11.7 Å². The van der Waals surface area contributed by atoms with Crippen molar-refractivity contribution in [2.75, 3.05) is 6.61 Å². The summed E-state index contributed by atoms with van der Waals surface area (Å²) in [6.45, 7) is 8.83. The van der Waals surface area contributed by atoms with Gasteiger partial charge in [-0.1, -0.05) is 49.7 Å². The molecule has 186 valence electrons. The fraction of sp³-hybridized carbons (Fsp3) is 0.267. The van der Waals surface area contributed by atoms with Crippen LogP contribution in [-0.4, -0.2) is 33.4 Å². The molecule has 1 saturated heterocycles. The van der Waals surface area contributed by atoms with E-state index in [4.69, 9.17) is 4.74 Å². The highest BCUT2D eigenvalue weighted by Gasteiger charge is 2.46. The molecule has 6 nitrogen and oxygen atoms in total. The van der Waals surface area contributed by atoms with E-state index in [1.165, 1.54) is 17.0 Å². The third-order valence-electron chi connectivity index (χ3n) is 6.31. The molecule has 0 aliphatic carbocycles. The minimum Gasteiger partial charge on any atom is -0.508 e. The van der Waals surface area contributed by atoms with E-state index in [1.54, 1.807) is 36.4 Å². The van der Waals surface area contributed by atoms with Crippen molar-refractivity contribution in [1.29, 1.82) is 0 Å². The molecule has 3 aromatic carbocycles. The highest BCUT2D eigenvalue weighted by atomic mass is 16.5. The monoisotopic (exact) mass is 485 g/mol. The first-order valence-electron chi connectivity index (χ1n) is 12.0. The molecule has 6 heteroatoms. The lowest BCUT2D eigenvalue weighted by Crippen LogP contribution is -2.29. The number of rotatable bonds is 7. The molecule has 1 aliphatic heterocycles. The van der Waals surface area contributed by atoms with Gasteiger partial charge in [-0.15, -0.1) is 0 Å². The molecule has 1 amide bonds. The number of amides is 1. The van der Waals surface area contributed by atoms with Crippen molar-refractivity contribution in [2.24, 2.45) is 5.92 Å². The van der Waals surface area contributed by atoms with Gasteiger partial charge in [0.05, 0.1) is 18.2 Å². The van der Waals surface area contributed by atoms with Crippen LogP contribution < -0.4 is 4.74 Å². The Balaban J connectivity index is 1.78. The van der Waals surface area contributed by atoms with E-state index < -0.39 is 17.7 Å². The summed E-state index contributed by atoms with van der Waals surface area (Å²) in [4.78, 5) is 28.0. The molecule has 36 heavy (non-hydrogen) atoms. The van der Waals surface area contributed by atoms with Gasteiger partial charge >= 0.3 is 0 Å². The Kier molecular flexibility index (Phi) is 7.15. The lowest BCUT2D eigenvalue weighted by Gasteiger charge is -2.26. The van der Waals surface area contributed by atoms with E-state index >= 15 is 0 Å². The Hall–Kier alpha value is -4.06. The lowest BCUT2D eigenvalue weighted by atomic mass is 9.95. The number of phenols is 1. The van der Waals surface area contributed by atoms with Gasteiger partial charge in [-0.25, -0.2) is 0 Å². The predicted octanol–water partition coefficient (Wildman–Crippen LogP) is 5.67. The Morgan fingerprint density at radius 3 is 2.28 bits per heavy atom. The fourth-order valence-corrected chi connectivity index (χ4v) is 4.33. The maximum atomic E-state index is 13.3. The number of phenolic OH excluding ortho intramolecular Hbond substituents is 1. The van der Waals surface area contributed by atoms with Crippen LogP contribution in [0.5, 0.6) is 11.5 Å². The van der Waals surface area contributed by atoms with Crippen LogP contribution in [0, 0.1) is 19.8 Å². The quantitative estimate of drug-likeness (QED) is 0.256. The van der Waals surface area contributed by atoms with Crippen molar-refractivity contribution < 1.29 is 24.5 Å². The molecule has 2 N–H and O–H groups in total. The van der Waals surface area contributed by atoms with Crippen molar-refractivity contribution in [2.45, 2.75) is 40.3 Å². The number of ketones is 1. The van der Waals surface area contributed by atoms with Crippen LogP contribution in [0.25, 0.3) is 5.76 Å². The van der Waals surface area contributed by atoms with E-state index in [2.05, 4.69) is 13.8 Å². The summed E-state index contributed by atoms with van der Waals surface area (Å²) in [5.41, 5.74) is 4.03. The minimum atomic E-state index is -0.803. The molecule has 1 atom stereocenters. The van der Waals surface area contributed by atoms with Gasteiger partial charge in [0.2, 0.25) is 0 Å². The molecule has 1 fully saturated rings. The number of ether oxygens (including phenoxy) is 1. The number of benzene rings is 3. The number of Topliss-reactive ketones (excluding diaryl/α,β-unsaturated/α-hetero) is 1. The third-order valence-corrected chi connectivity index (χ3v) is 6.31.